The Labute approximate surface area is 140 Å². The van der Waals surface area contributed by atoms with E-state index >= 15 is 0 Å². The van der Waals surface area contributed by atoms with E-state index in [-0.39, 0.29) is 15.7 Å². The van der Waals surface area contributed by atoms with Gasteiger partial charge in [-0.1, -0.05) is 31.0 Å². The average molecular weight is 347 g/mol. The molecule has 24 heavy (non-hydrogen) atoms. The highest BCUT2D eigenvalue weighted by Crippen LogP contribution is 2.30. The Balaban J connectivity index is 1.83. The number of carbonyl (C=O) groups is 1. The molecule has 0 bridgehead atoms. The Kier molecular flexibility index (Phi) is 4.66. The van der Waals surface area contributed by atoms with Gasteiger partial charge in [0.2, 0.25) is 0 Å². The molecule has 4 nitrogen and oxygen atoms in total. The van der Waals surface area contributed by atoms with Crippen molar-refractivity contribution < 1.29 is 17.6 Å². The van der Waals surface area contributed by atoms with Gasteiger partial charge in [-0.25, -0.2) is 12.8 Å². The molecule has 3 rings (SSSR count). The van der Waals surface area contributed by atoms with Gasteiger partial charge in [-0.15, -0.1) is 0 Å². The summed E-state index contributed by atoms with van der Waals surface area (Å²) in [4.78, 5) is 12.3. The molecular formula is C18H18FNO3S. The first kappa shape index (κ1) is 16.6. The standard InChI is InChI=1S/C18H18FNO3S/c19-17-11-4-3-10-16(17)18(21)20-13-6-5-9-15(12-13)24(22,23)14-7-1-2-8-14/h3-6,9-12,14H,1-2,7-8H2,(H,20,21). The molecule has 2 aromatic rings. The van der Waals surface area contributed by atoms with Crippen LogP contribution in [-0.2, 0) is 9.84 Å². The molecule has 0 atom stereocenters. The molecule has 126 valence electrons. The van der Waals surface area contributed by atoms with E-state index < -0.39 is 21.6 Å². The molecule has 0 aromatic heterocycles. The lowest BCUT2D eigenvalue weighted by Gasteiger charge is -2.13. The zero-order valence-electron chi connectivity index (χ0n) is 13.0. The van der Waals surface area contributed by atoms with Gasteiger partial charge >= 0.3 is 0 Å². The molecule has 1 aliphatic carbocycles. The first-order valence-electron chi connectivity index (χ1n) is 7.88. The molecule has 1 aliphatic rings. The minimum absolute atomic E-state index is 0.0819. The van der Waals surface area contributed by atoms with Gasteiger partial charge in [0.15, 0.2) is 9.84 Å². The van der Waals surface area contributed by atoms with E-state index in [1.807, 2.05) is 0 Å². The smallest absolute Gasteiger partial charge is 0.258 e. The predicted octanol–water partition coefficient (Wildman–Crippen LogP) is 3.79. The second-order valence-corrected chi connectivity index (χ2v) is 8.14. The van der Waals surface area contributed by atoms with Crippen molar-refractivity contribution in [3.05, 3.63) is 59.9 Å². The number of sulfone groups is 1. The van der Waals surface area contributed by atoms with Gasteiger partial charge < -0.3 is 5.32 Å². The van der Waals surface area contributed by atoms with Crippen LogP contribution in [0.3, 0.4) is 0 Å². The number of rotatable bonds is 4. The summed E-state index contributed by atoms with van der Waals surface area (Å²) in [5, 5.41) is 2.21. The Hall–Kier alpha value is -2.21. The van der Waals surface area contributed by atoms with Gasteiger partial charge in [-0.05, 0) is 43.2 Å². The van der Waals surface area contributed by atoms with E-state index in [4.69, 9.17) is 0 Å². The highest BCUT2D eigenvalue weighted by atomic mass is 32.2. The van der Waals surface area contributed by atoms with Crippen molar-refractivity contribution >= 4 is 21.4 Å². The van der Waals surface area contributed by atoms with Crippen LogP contribution in [0.1, 0.15) is 36.0 Å². The SMILES string of the molecule is O=C(Nc1cccc(S(=O)(=O)C2CCCC2)c1)c1ccccc1F. The van der Waals surface area contributed by atoms with E-state index in [0.29, 0.717) is 18.5 Å². The van der Waals surface area contributed by atoms with Crippen LogP contribution in [0.5, 0.6) is 0 Å². The summed E-state index contributed by atoms with van der Waals surface area (Å²) in [6, 6.07) is 11.8. The molecule has 0 aliphatic heterocycles. The Morgan fingerprint density at radius 1 is 1.04 bits per heavy atom. The lowest BCUT2D eigenvalue weighted by molar-refractivity contribution is 0.102. The molecule has 0 heterocycles. The normalized spacial score (nSPS) is 15.4. The molecule has 2 aromatic carbocycles. The molecular weight excluding hydrogens is 329 g/mol. The van der Waals surface area contributed by atoms with Crippen molar-refractivity contribution in [3.8, 4) is 0 Å². The van der Waals surface area contributed by atoms with Crippen molar-refractivity contribution in [1.82, 2.24) is 0 Å². The molecule has 6 heteroatoms. The second kappa shape index (κ2) is 6.73. The fourth-order valence-corrected chi connectivity index (χ4v) is 4.88. The van der Waals surface area contributed by atoms with Gasteiger partial charge in [-0.2, -0.15) is 0 Å². The van der Waals surface area contributed by atoms with Crippen LogP contribution in [0.25, 0.3) is 0 Å². The topological polar surface area (TPSA) is 63.2 Å². The largest absolute Gasteiger partial charge is 0.322 e. The van der Waals surface area contributed by atoms with Gasteiger partial charge in [0.25, 0.3) is 5.91 Å². The third-order valence-corrected chi connectivity index (χ3v) is 6.54. The average Bonchev–Trinajstić information content (AvgIpc) is 3.11. The highest BCUT2D eigenvalue weighted by Gasteiger charge is 2.30. The molecule has 1 amide bonds. The molecule has 0 radical (unpaired) electrons. The summed E-state index contributed by atoms with van der Waals surface area (Å²) in [7, 11) is -3.40. The molecule has 1 saturated carbocycles. The number of hydrogen-bond donors (Lipinski definition) is 1. The number of amides is 1. The lowest BCUT2D eigenvalue weighted by atomic mass is 10.2. The molecule has 0 saturated heterocycles. The fraction of sp³-hybridized carbons (Fsp3) is 0.278. The molecule has 1 fully saturated rings. The maximum absolute atomic E-state index is 13.7. The van der Waals surface area contributed by atoms with E-state index in [2.05, 4.69) is 5.32 Å². The molecule has 0 spiro atoms. The van der Waals surface area contributed by atoms with Gasteiger partial charge in [0.05, 0.1) is 15.7 Å². The number of halogens is 1. The summed E-state index contributed by atoms with van der Waals surface area (Å²) < 4.78 is 38.9. The third-order valence-electron chi connectivity index (χ3n) is 4.28. The number of benzene rings is 2. The van der Waals surface area contributed by atoms with E-state index in [1.54, 1.807) is 18.2 Å². The second-order valence-electron chi connectivity index (χ2n) is 5.91. The van der Waals surface area contributed by atoms with Gasteiger partial charge in [0.1, 0.15) is 5.82 Å². The van der Waals surface area contributed by atoms with E-state index in [0.717, 1.165) is 12.8 Å². The molecule has 1 N–H and O–H groups in total. The zero-order valence-corrected chi connectivity index (χ0v) is 13.9. The maximum Gasteiger partial charge on any atom is 0.258 e. The third kappa shape index (κ3) is 3.33. The van der Waals surface area contributed by atoms with Crippen LogP contribution in [0.2, 0.25) is 0 Å². The van der Waals surface area contributed by atoms with E-state index in [9.17, 15) is 17.6 Å². The summed E-state index contributed by atoms with van der Waals surface area (Å²) in [6.45, 7) is 0. The zero-order chi connectivity index (χ0) is 17.2. The van der Waals surface area contributed by atoms with Crippen LogP contribution in [0, 0.1) is 5.82 Å². The van der Waals surface area contributed by atoms with Crippen molar-refractivity contribution in [2.45, 2.75) is 35.8 Å². The number of nitrogens with one attached hydrogen (secondary N) is 1. The van der Waals surface area contributed by atoms with Gasteiger partial charge in [-0.3, -0.25) is 4.79 Å². The first-order valence-corrected chi connectivity index (χ1v) is 9.43. The first-order chi connectivity index (χ1) is 11.5. The summed E-state index contributed by atoms with van der Waals surface area (Å²) in [6.07, 6.45) is 3.20. The van der Waals surface area contributed by atoms with Crippen molar-refractivity contribution in [2.75, 3.05) is 5.32 Å². The number of anilines is 1. The van der Waals surface area contributed by atoms with Gasteiger partial charge in [0, 0.05) is 5.69 Å². The minimum Gasteiger partial charge on any atom is -0.322 e. The van der Waals surface area contributed by atoms with Crippen LogP contribution in [0.15, 0.2) is 53.4 Å². The van der Waals surface area contributed by atoms with Crippen LogP contribution in [-0.4, -0.2) is 19.6 Å². The fourth-order valence-electron chi connectivity index (χ4n) is 2.99. The highest BCUT2D eigenvalue weighted by molar-refractivity contribution is 7.92. The quantitative estimate of drug-likeness (QED) is 0.915. The van der Waals surface area contributed by atoms with Crippen LogP contribution >= 0.6 is 0 Å². The summed E-state index contributed by atoms with van der Waals surface area (Å²) >= 11 is 0. The lowest BCUT2D eigenvalue weighted by Crippen LogP contribution is -2.18. The Morgan fingerprint density at radius 3 is 2.46 bits per heavy atom. The molecule has 0 unspecified atom stereocenters. The minimum atomic E-state index is -3.40. The van der Waals surface area contributed by atoms with Crippen molar-refractivity contribution in [1.29, 1.82) is 0 Å². The monoisotopic (exact) mass is 347 g/mol. The Morgan fingerprint density at radius 2 is 1.75 bits per heavy atom. The van der Waals surface area contributed by atoms with Crippen molar-refractivity contribution in [2.24, 2.45) is 0 Å². The predicted molar refractivity (Wildman–Crippen MR) is 90.2 cm³/mol. The van der Waals surface area contributed by atoms with Crippen LogP contribution < -0.4 is 5.32 Å². The van der Waals surface area contributed by atoms with Crippen LogP contribution in [0.4, 0.5) is 10.1 Å². The van der Waals surface area contributed by atoms with Crippen molar-refractivity contribution in [3.63, 3.8) is 0 Å². The van der Waals surface area contributed by atoms with E-state index in [1.165, 1.54) is 30.3 Å². The Bertz CT molecular complexity index is 858. The summed E-state index contributed by atoms with van der Waals surface area (Å²) in [5.41, 5.74) is 0.254. The summed E-state index contributed by atoms with van der Waals surface area (Å²) in [5.74, 6) is -1.23. The number of carbonyl (C=O) groups excluding carboxylic acids is 1. The number of hydrogen-bond acceptors (Lipinski definition) is 3. The maximum atomic E-state index is 13.7.